The first-order chi connectivity index (χ1) is 10.1. The van der Waals surface area contributed by atoms with E-state index in [2.05, 4.69) is 21.7 Å². The van der Waals surface area contributed by atoms with Crippen molar-refractivity contribution in [3.63, 3.8) is 0 Å². The van der Waals surface area contributed by atoms with E-state index in [9.17, 15) is 4.79 Å². The van der Waals surface area contributed by atoms with Gasteiger partial charge in [-0.05, 0) is 48.2 Å². The van der Waals surface area contributed by atoms with Gasteiger partial charge in [-0.15, -0.1) is 0 Å². The number of amides is 1. The number of nitrogens with one attached hydrogen (secondary N) is 1. The molecule has 2 aromatic rings. The number of pyridine rings is 1. The Hall–Kier alpha value is -1.88. The van der Waals surface area contributed by atoms with E-state index in [0.29, 0.717) is 18.8 Å². The molecule has 0 saturated heterocycles. The second kappa shape index (κ2) is 7.78. The van der Waals surface area contributed by atoms with Crippen LogP contribution < -0.4 is 10.1 Å². The smallest absolute Gasteiger partial charge is 0.220 e. The predicted octanol–water partition coefficient (Wildman–Crippen LogP) is 3.18. The molecule has 5 heteroatoms. The van der Waals surface area contributed by atoms with Gasteiger partial charge in [0, 0.05) is 25.2 Å². The zero-order valence-corrected chi connectivity index (χ0v) is 13.2. The summed E-state index contributed by atoms with van der Waals surface area (Å²) >= 11 is 1.66. The summed E-state index contributed by atoms with van der Waals surface area (Å²) in [6.07, 6.45) is 3.14. The van der Waals surface area contributed by atoms with Crippen molar-refractivity contribution in [3.8, 4) is 5.88 Å². The summed E-state index contributed by atoms with van der Waals surface area (Å²) in [5.74, 6) is 0.668. The Balaban J connectivity index is 1.73. The second-order valence-electron chi connectivity index (χ2n) is 5.08. The van der Waals surface area contributed by atoms with E-state index < -0.39 is 0 Å². The number of aryl methyl sites for hydroxylation is 1. The van der Waals surface area contributed by atoms with Crippen molar-refractivity contribution in [2.45, 2.75) is 39.3 Å². The maximum Gasteiger partial charge on any atom is 0.220 e. The predicted molar refractivity (Wildman–Crippen MR) is 84.5 cm³/mol. The van der Waals surface area contributed by atoms with Crippen LogP contribution in [0.1, 0.15) is 31.4 Å². The van der Waals surface area contributed by atoms with E-state index >= 15 is 0 Å². The van der Waals surface area contributed by atoms with Gasteiger partial charge < -0.3 is 10.1 Å². The minimum atomic E-state index is 0.0590. The average molecular weight is 304 g/mol. The Bertz CT molecular complexity index is 550. The van der Waals surface area contributed by atoms with Crippen molar-refractivity contribution in [2.75, 3.05) is 0 Å². The number of nitrogens with zero attached hydrogens (tertiary/aromatic N) is 1. The van der Waals surface area contributed by atoms with Crippen LogP contribution in [-0.2, 0) is 17.8 Å². The highest BCUT2D eigenvalue weighted by molar-refractivity contribution is 7.07. The fourth-order valence-electron chi connectivity index (χ4n) is 1.81. The van der Waals surface area contributed by atoms with Gasteiger partial charge in [-0.25, -0.2) is 4.98 Å². The van der Waals surface area contributed by atoms with Crippen LogP contribution in [-0.4, -0.2) is 17.0 Å². The highest BCUT2D eigenvalue weighted by Gasteiger charge is 2.04. The van der Waals surface area contributed by atoms with Crippen LogP contribution >= 0.6 is 11.3 Å². The topological polar surface area (TPSA) is 51.2 Å². The minimum Gasteiger partial charge on any atom is -0.475 e. The van der Waals surface area contributed by atoms with Crippen LogP contribution in [0.25, 0.3) is 0 Å². The monoisotopic (exact) mass is 304 g/mol. The number of rotatable bonds is 7. The van der Waals surface area contributed by atoms with Crippen LogP contribution in [0.4, 0.5) is 0 Å². The van der Waals surface area contributed by atoms with Crippen molar-refractivity contribution >= 4 is 17.2 Å². The number of hydrogen-bond acceptors (Lipinski definition) is 4. The van der Waals surface area contributed by atoms with Gasteiger partial charge in [-0.3, -0.25) is 4.79 Å². The lowest BCUT2D eigenvalue weighted by Gasteiger charge is -2.09. The molecule has 0 aliphatic carbocycles. The molecule has 21 heavy (non-hydrogen) atoms. The maximum absolute atomic E-state index is 11.8. The summed E-state index contributed by atoms with van der Waals surface area (Å²) in [5, 5.41) is 7.01. The average Bonchev–Trinajstić information content (AvgIpc) is 2.97. The van der Waals surface area contributed by atoms with Crippen LogP contribution in [0.15, 0.2) is 35.2 Å². The third-order valence-electron chi connectivity index (χ3n) is 2.86. The van der Waals surface area contributed by atoms with Crippen molar-refractivity contribution in [1.29, 1.82) is 0 Å². The summed E-state index contributed by atoms with van der Waals surface area (Å²) in [6, 6.07) is 5.80. The van der Waals surface area contributed by atoms with Crippen molar-refractivity contribution in [2.24, 2.45) is 0 Å². The molecule has 0 radical (unpaired) electrons. The lowest BCUT2D eigenvalue weighted by atomic mass is 10.2. The summed E-state index contributed by atoms with van der Waals surface area (Å²) in [6.45, 7) is 4.42. The lowest BCUT2D eigenvalue weighted by Crippen LogP contribution is -2.23. The molecule has 0 aromatic carbocycles. The molecule has 112 valence electrons. The maximum atomic E-state index is 11.8. The first kappa shape index (κ1) is 15.5. The van der Waals surface area contributed by atoms with Gasteiger partial charge in [-0.2, -0.15) is 11.3 Å². The van der Waals surface area contributed by atoms with Gasteiger partial charge in [0.1, 0.15) is 0 Å². The summed E-state index contributed by atoms with van der Waals surface area (Å²) in [7, 11) is 0. The second-order valence-corrected chi connectivity index (χ2v) is 5.86. The van der Waals surface area contributed by atoms with Crippen LogP contribution in [0.3, 0.4) is 0 Å². The fraction of sp³-hybridized carbons (Fsp3) is 0.375. The number of ether oxygens (including phenoxy) is 1. The SMILES string of the molecule is CC(C)Oc1ccc(CNC(=O)CCc2ccsc2)cn1. The van der Waals surface area contributed by atoms with E-state index in [0.717, 1.165) is 12.0 Å². The molecule has 1 N–H and O–H groups in total. The van der Waals surface area contributed by atoms with E-state index in [1.54, 1.807) is 17.5 Å². The number of aromatic nitrogens is 1. The molecule has 2 aromatic heterocycles. The number of hydrogen-bond donors (Lipinski definition) is 1. The molecule has 2 heterocycles. The van der Waals surface area contributed by atoms with Gasteiger partial charge in [0.25, 0.3) is 0 Å². The third kappa shape index (κ3) is 5.55. The molecule has 0 aliphatic heterocycles. The van der Waals surface area contributed by atoms with E-state index in [1.807, 2.05) is 31.4 Å². The highest BCUT2D eigenvalue weighted by atomic mass is 32.1. The zero-order valence-electron chi connectivity index (χ0n) is 12.3. The molecule has 0 bridgehead atoms. The summed E-state index contributed by atoms with van der Waals surface area (Å²) in [5.41, 5.74) is 2.18. The Morgan fingerprint density at radius 2 is 2.19 bits per heavy atom. The van der Waals surface area contributed by atoms with Gasteiger partial charge in [-0.1, -0.05) is 6.07 Å². The highest BCUT2D eigenvalue weighted by Crippen LogP contribution is 2.10. The lowest BCUT2D eigenvalue weighted by molar-refractivity contribution is -0.121. The Kier molecular flexibility index (Phi) is 5.75. The molecular weight excluding hydrogens is 284 g/mol. The van der Waals surface area contributed by atoms with Crippen molar-refractivity contribution in [1.82, 2.24) is 10.3 Å². The van der Waals surface area contributed by atoms with Gasteiger partial charge in [0.2, 0.25) is 11.8 Å². The van der Waals surface area contributed by atoms with Crippen LogP contribution in [0.5, 0.6) is 5.88 Å². The number of carbonyl (C=O) groups is 1. The first-order valence-corrected chi connectivity index (χ1v) is 7.97. The number of carbonyl (C=O) groups excluding carboxylic acids is 1. The molecule has 0 aliphatic rings. The molecule has 0 unspecified atom stereocenters. The minimum absolute atomic E-state index is 0.0590. The fourth-order valence-corrected chi connectivity index (χ4v) is 2.51. The molecule has 0 spiro atoms. The largest absolute Gasteiger partial charge is 0.475 e. The summed E-state index contributed by atoms with van der Waals surface area (Å²) < 4.78 is 5.48. The Morgan fingerprint density at radius 1 is 1.33 bits per heavy atom. The standard InChI is InChI=1S/C16H20N2O2S/c1-12(2)20-16-6-4-14(10-18-16)9-17-15(19)5-3-13-7-8-21-11-13/h4,6-8,10-12H,3,5,9H2,1-2H3,(H,17,19). The first-order valence-electron chi connectivity index (χ1n) is 7.03. The van der Waals surface area contributed by atoms with Crippen molar-refractivity contribution < 1.29 is 9.53 Å². The van der Waals surface area contributed by atoms with Gasteiger partial charge in [0.05, 0.1) is 6.10 Å². The zero-order chi connectivity index (χ0) is 15.1. The summed E-state index contributed by atoms with van der Waals surface area (Å²) in [4.78, 5) is 16.0. The molecule has 0 saturated carbocycles. The van der Waals surface area contributed by atoms with Crippen LogP contribution in [0, 0.1) is 0 Å². The quantitative estimate of drug-likeness (QED) is 0.854. The molecule has 2 rings (SSSR count). The molecule has 1 amide bonds. The van der Waals surface area contributed by atoms with Crippen molar-refractivity contribution in [3.05, 3.63) is 46.3 Å². The number of thiophene rings is 1. The molecule has 0 atom stereocenters. The Labute approximate surface area is 129 Å². The van der Waals surface area contributed by atoms with E-state index in [4.69, 9.17) is 4.74 Å². The molecular formula is C16H20N2O2S. The van der Waals surface area contributed by atoms with Crippen LogP contribution in [0.2, 0.25) is 0 Å². The van der Waals surface area contributed by atoms with Gasteiger partial charge >= 0.3 is 0 Å². The molecule has 4 nitrogen and oxygen atoms in total. The normalized spacial score (nSPS) is 10.6. The molecule has 0 fully saturated rings. The van der Waals surface area contributed by atoms with E-state index in [1.165, 1.54) is 5.56 Å². The van der Waals surface area contributed by atoms with Gasteiger partial charge in [0.15, 0.2) is 0 Å². The Morgan fingerprint density at radius 3 is 2.81 bits per heavy atom. The third-order valence-corrected chi connectivity index (χ3v) is 3.60. The van der Waals surface area contributed by atoms with E-state index in [-0.39, 0.29) is 12.0 Å².